The van der Waals surface area contributed by atoms with Crippen LogP contribution in [0.2, 0.25) is 5.02 Å². The van der Waals surface area contributed by atoms with Gasteiger partial charge in [-0.2, -0.15) is 5.26 Å². The number of aryl methyl sites for hydroxylation is 1. The van der Waals surface area contributed by atoms with Gasteiger partial charge in [0, 0.05) is 10.9 Å². The van der Waals surface area contributed by atoms with E-state index in [2.05, 4.69) is 22.0 Å². The van der Waals surface area contributed by atoms with E-state index in [-0.39, 0.29) is 0 Å². The highest BCUT2D eigenvalue weighted by Gasteiger charge is 1.97. The first-order valence-corrected chi connectivity index (χ1v) is 4.72. The Morgan fingerprint density at radius 1 is 1.50 bits per heavy atom. The van der Waals surface area contributed by atoms with Gasteiger partial charge in [-0.1, -0.05) is 17.7 Å². The van der Waals surface area contributed by atoms with Crippen molar-refractivity contribution < 1.29 is 0 Å². The number of hydrogen-bond acceptors (Lipinski definition) is 1. The fourth-order valence-electron chi connectivity index (χ4n) is 0.895. The van der Waals surface area contributed by atoms with Gasteiger partial charge in [-0.3, -0.25) is 0 Å². The zero-order valence-corrected chi connectivity index (χ0v) is 8.69. The maximum absolute atomic E-state index is 8.36. The van der Waals surface area contributed by atoms with Crippen molar-refractivity contribution in [3.8, 4) is 6.07 Å². The highest BCUT2D eigenvalue weighted by Crippen LogP contribution is 2.23. The molecule has 1 rings (SSSR count). The molecule has 0 saturated heterocycles. The zero-order chi connectivity index (χ0) is 8.97. The summed E-state index contributed by atoms with van der Waals surface area (Å²) >= 11 is 9.13. The fraction of sp³-hybridized carbons (Fsp3) is 0.222. The predicted octanol–water partition coefficient (Wildman–Crippen LogP) is 3.56. The summed E-state index contributed by atoms with van der Waals surface area (Å²) in [6, 6.07) is 7.81. The average molecular weight is 245 g/mol. The molecule has 0 fully saturated rings. The van der Waals surface area contributed by atoms with Crippen LogP contribution in [0.15, 0.2) is 22.7 Å². The third-order valence-corrected chi connectivity index (χ3v) is 2.72. The van der Waals surface area contributed by atoms with Crippen LogP contribution in [0.1, 0.15) is 12.0 Å². The quantitative estimate of drug-likeness (QED) is 0.780. The molecule has 0 spiro atoms. The molecule has 0 aliphatic rings. The van der Waals surface area contributed by atoms with Crippen LogP contribution in [-0.4, -0.2) is 0 Å². The average Bonchev–Trinajstić information content (AvgIpc) is 2.07. The molecule has 1 aromatic carbocycles. The van der Waals surface area contributed by atoms with Crippen LogP contribution < -0.4 is 0 Å². The van der Waals surface area contributed by atoms with Gasteiger partial charge >= 0.3 is 0 Å². The number of nitriles is 1. The second kappa shape index (κ2) is 4.49. The van der Waals surface area contributed by atoms with Crippen molar-refractivity contribution in [1.82, 2.24) is 0 Å². The Balaban J connectivity index is 2.77. The lowest BCUT2D eigenvalue weighted by atomic mass is 10.1. The molecule has 62 valence electrons. The lowest BCUT2D eigenvalue weighted by Gasteiger charge is -1.99. The summed E-state index contributed by atoms with van der Waals surface area (Å²) in [4.78, 5) is 0. The van der Waals surface area contributed by atoms with Crippen LogP contribution in [0.4, 0.5) is 0 Å². The van der Waals surface area contributed by atoms with Gasteiger partial charge in [-0.15, -0.1) is 0 Å². The van der Waals surface area contributed by atoms with E-state index >= 15 is 0 Å². The van der Waals surface area contributed by atoms with Crippen molar-refractivity contribution >= 4 is 27.5 Å². The Morgan fingerprint density at radius 3 is 2.83 bits per heavy atom. The SMILES string of the molecule is N#CCCc1ccc(Cl)c(Br)c1. The standard InChI is InChI=1S/C9H7BrClN/c10-8-6-7(2-1-5-12)3-4-9(8)11/h3-4,6H,1-2H2. The van der Waals surface area contributed by atoms with Gasteiger partial charge in [0.25, 0.3) is 0 Å². The Hall–Kier alpha value is -0.520. The van der Waals surface area contributed by atoms with Crippen LogP contribution in [-0.2, 0) is 6.42 Å². The number of nitrogens with zero attached hydrogens (tertiary/aromatic N) is 1. The van der Waals surface area contributed by atoms with E-state index in [4.69, 9.17) is 16.9 Å². The van der Waals surface area contributed by atoms with Gasteiger partial charge in [0.05, 0.1) is 11.1 Å². The molecule has 0 N–H and O–H groups in total. The third kappa shape index (κ3) is 2.51. The molecule has 0 aliphatic heterocycles. The second-order valence-electron chi connectivity index (χ2n) is 2.41. The summed E-state index contributed by atoms with van der Waals surface area (Å²) in [6.07, 6.45) is 1.33. The zero-order valence-electron chi connectivity index (χ0n) is 6.35. The topological polar surface area (TPSA) is 23.8 Å². The van der Waals surface area contributed by atoms with E-state index in [0.717, 1.165) is 16.5 Å². The third-order valence-electron chi connectivity index (χ3n) is 1.51. The van der Waals surface area contributed by atoms with E-state index in [1.807, 2.05) is 18.2 Å². The van der Waals surface area contributed by atoms with E-state index in [1.165, 1.54) is 0 Å². The number of benzene rings is 1. The largest absolute Gasteiger partial charge is 0.198 e. The minimum absolute atomic E-state index is 0.550. The van der Waals surface area contributed by atoms with Crippen LogP contribution in [0.5, 0.6) is 0 Å². The van der Waals surface area contributed by atoms with Crippen molar-refractivity contribution in [2.75, 3.05) is 0 Å². The van der Waals surface area contributed by atoms with Crippen molar-refractivity contribution in [3.05, 3.63) is 33.3 Å². The maximum atomic E-state index is 8.36. The molecule has 0 atom stereocenters. The number of rotatable bonds is 2. The monoisotopic (exact) mass is 243 g/mol. The molecular formula is C9H7BrClN. The summed E-state index contributed by atoms with van der Waals surface area (Å²) in [6.45, 7) is 0. The van der Waals surface area contributed by atoms with Crippen LogP contribution in [0, 0.1) is 11.3 Å². The van der Waals surface area contributed by atoms with E-state index in [0.29, 0.717) is 11.4 Å². The van der Waals surface area contributed by atoms with Crippen molar-refractivity contribution in [3.63, 3.8) is 0 Å². The highest BCUT2D eigenvalue weighted by molar-refractivity contribution is 9.10. The second-order valence-corrected chi connectivity index (χ2v) is 3.67. The summed E-state index contributed by atoms with van der Waals surface area (Å²) in [5.74, 6) is 0. The molecule has 0 saturated carbocycles. The molecule has 3 heteroatoms. The van der Waals surface area contributed by atoms with Crippen LogP contribution in [0.25, 0.3) is 0 Å². The molecule has 1 nitrogen and oxygen atoms in total. The van der Waals surface area contributed by atoms with Gasteiger partial charge in [-0.05, 0) is 40.0 Å². The van der Waals surface area contributed by atoms with Gasteiger partial charge < -0.3 is 0 Å². The number of halogens is 2. The van der Waals surface area contributed by atoms with Crippen molar-refractivity contribution in [2.45, 2.75) is 12.8 Å². The Bertz CT molecular complexity index is 317. The van der Waals surface area contributed by atoms with Gasteiger partial charge in [0.1, 0.15) is 0 Å². The molecule has 0 radical (unpaired) electrons. The predicted molar refractivity (Wildman–Crippen MR) is 53.1 cm³/mol. The molecule has 0 unspecified atom stereocenters. The first-order valence-electron chi connectivity index (χ1n) is 3.55. The van der Waals surface area contributed by atoms with Gasteiger partial charge in [0.2, 0.25) is 0 Å². The summed E-state index contributed by atoms with van der Waals surface area (Å²) in [7, 11) is 0. The summed E-state index contributed by atoms with van der Waals surface area (Å²) < 4.78 is 0.889. The van der Waals surface area contributed by atoms with E-state index in [9.17, 15) is 0 Å². The minimum atomic E-state index is 0.550. The van der Waals surface area contributed by atoms with Crippen molar-refractivity contribution in [1.29, 1.82) is 5.26 Å². The van der Waals surface area contributed by atoms with Gasteiger partial charge in [0.15, 0.2) is 0 Å². The van der Waals surface area contributed by atoms with E-state index in [1.54, 1.807) is 0 Å². The Morgan fingerprint density at radius 2 is 2.25 bits per heavy atom. The fourth-order valence-corrected chi connectivity index (χ4v) is 1.44. The lowest BCUT2D eigenvalue weighted by Crippen LogP contribution is -1.83. The minimum Gasteiger partial charge on any atom is -0.198 e. The molecule has 0 aromatic heterocycles. The Labute approximate surface area is 85.1 Å². The Kier molecular flexibility index (Phi) is 3.58. The molecule has 12 heavy (non-hydrogen) atoms. The normalized spacial score (nSPS) is 9.42. The number of hydrogen-bond donors (Lipinski definition) is 0. The molecule has 0 amide bonds. The first-order chi connectivity index (χ1) is 5.74. The summed E-state index contributed by atoms with van der Waals surface area (Å²) in [5.41, 5.74) is 1.13. The smallest absolute Gasteiger partial charge is 0.0625 e. The molecule has 0 bridgehead atoms. The van der Waals surface area contributed by atoms with Gasteiger partial charge in [-0.25, -0.2) is 0 Å². The summed E-state index contributed by atoms with van der Waals surface area (Å²) in [5, 5.41) is 9.07. The van der Waals surface area contributed by atoms with Crippen LogP contribution >= 0.6 is 27.5 Å². The lowest BCUT2D eigenvalue weighted by molar-refractivity contribution is 1.01. The van der Waals surface area contributed by atoms with Crippen LogP contribution in [0.3, 0.4) is 0 Å². The molecular weight excluding hydrogens is 237 g/mol. The first kappa shape index (κ1) is 9.57. The van der Waals surface area contributed by atoms with E-state index < -0.39 is 0 Å². The van der Waals surface area contributed by atoms with Crippen molar-refractivity contribution in [2.24, 2.45) is 0 Å². The molecule has 0 aliphatic carbocycles. The maximum Gasteiger partial charge on any atom is 0.0625 e. The highest BCUT2D eigenvalue weighted by atomic mass is 79.9. The molecule has 1 aromatic rings. The molecule has 0 heterocycles.